The maximum atomic E-state index is 13.3. The number of hydrogen-bond donors (Lipinski definition) is 2. The zero-order chi connectivity index (χ0) is 15.4. The molecule has 2 N–H and O–H groups in total. The van der Waals surface area contributed by atoms with Crippen molar-refractivity contribution in [2.75, 3.05) is 0 Å². The topological polar surface area (TPSA) is 49.3 Å². The van der Waals surface area contributed by atoms with Crippen molar-refractivity contribution >= 4 is 5.97 Å². The molecular formula is C15H18F3NO2. The molecule has 0 aromatic heterocycles. The van der Waals surface area contributed by atoms with E-state index in [9.17, 15) is 23.1 Å². The highest BCUT2D eigenvalue weighted by Gasteiger charge is 2.26. The fraction of sp³-hybridized carbons (Fsp3) is 0.533. The monoisotopic (exact) mass is 301 g/mol. The summed E-state index contributed by atoms with van der Waals surface area (Å²) in [4.78, 5) is 11.4. The van der Waals surface area contributed by atoms with Crippen molar-refractivity contribution < 1.29 is 23.1 Å². The van der Waals surface area contributed by atoms with E-state index in [1.54, 1.807) is 0 Å². The average molecular weight is 301 g/mol. The van der Waals surface area contributed by atoms with Crippen molar-refractivity contribution in [2.24, 2.45) is 0 Å². The molecule has 0 saturated heterocycles. The predicted octanol–water partition coefficient (Wildman–Crippen LogP) is 3.54. The Morgan fingerprint density at radius 3 is 2.10 bits per heavy atom. The largest absolute Gasteiger partial charge is 0.480 e. The number of halogens is 3. The van der Waals surface area contributed by atoms with Gasteiger partial charge >= 0.3 is 5.97 Å². The van der Waals surface area contributed by atoms with E-state index in [0.717, 1.165) is 50.7 Å². The summed E-state index contributed by atoms with van der Waals surface area (Å²) in [6.07, 6.45) is 5.86. The van der Waals surface area contributed by atoms with Crippen LogP contribution in [0.4, 0.5) is 13.2 Å². The van der Waals surface area contributed by atoms with Crippen LogP contribution in [0.15, 0.2) is 12.1 Å². The van der Waals surface area contributed by atoms with Gasteiger partial charge in [-0.25, -0.2) is 13.2 Å². The van der Waals surface area contributed by atoms with Gasteiger partial charge in [0.15, 0.2) is 17.5 Å². The lowest BCUT2D eigenvalue weighted by Gasteiger charge is -2.22. The molecule has 2 rings (SSSR count). The van der Waals surface area contributed by atoms with Crippen LogP contribution in [0.1, 0.15) is 50.1 Å². The molecular weight excluding hydrogens is 283 g/mol. The Morgan fingerprint density at radius 2 is 1.62 bits per heavy atom. The molecule has 21 heavy (non-hydrogen) atoms. The molecule has 1 aliphatic rings. The average Bonchev–Trinajstić information content (AvgIpc) is 2.70. The van der Waals surface area contributed by atoms with Crippen LogP contribution in [0, 0.1) is 17.5 Å². The Bertz CT molecular complexity index is 491. The van der Waals surface area contributed by atoms with Crippen molar-refractivity contribution in [2.45, 2.75) is 50.6 Å². The molecule has 1 unspecified atom stereocenters. The smallest absolute Gasteiger partial charge is 0.325 e. The highest BCUT2D eigenvalue weighted by Crippen LogP contribution is 2.23. The molecule has 116 valence electrons. The van der Waals surface area contributed by atoms with Gasteiger partial charge in [0.25, 0.3) is 0 Å². The van der Waals surface area contributed by atoms with E-state index in [1.807, 2.05) is 0 Å². The van der Waals surface area contributed by atoms with Crippen molar-refractivity contribution in [3.8, 4) is 0 Å². The minimum absolute atomic E-state index is 0.00947. The third-order valence-corrected chi connectivity index (χ3v) is 3.84. The van der Waals surface area contributed by atoms with Gasteiger partial charge in [-0.1, -0.05) is 25.7 Å². The van der Waals surface area contributed by atoms with Gasteiger partial charge in [0, 0.05) is 6.04 Å². The van der Waals surface area contributed by atoms with E-state index in [4.69, 9.17) is 0 Å². The van der Waals surface area contributed by atoms with Crippen LogP contribution in [0.25, 0.3) is 0 Å². The third-order valence-electron chi connectivity index (χ3n) is 3.84. The molecule has 1 saturated carbocycles. The van der Waals surface area contributed by atoms with Gasteiger partial charge in [0.1, 0.15) is 6.04 Å². The number of rotatable bonds is 4. The molecule has 1 fully saturated rings. The third kappa shape index (κ3) is 3.97. The molecule has 0 radical (unpaired) electrons. The highest BCUT2D eigenvalue weighted by atomic mass is 19.2. The first-order valence-electron chi connectivity index (χ1n) is 7.12. The SMILES string of the molecule is O=C(O)C(NC1CCCCCC1)c1cc(F)c(F)c(F)c1. The Balaban J connectivity index is 2.20. The van der Waals surface area contributed by atoms with Crippen LogP contribution < -0.4 is 5.32 Å². The molecule has 1 aliphatic carbocycles. The van der Waals surface area contributed by atoms with E-state index < -0.39 is 29.5 Å². The van der Waals surface area contributed by atoms with E-state index in [-0.39, 0.29) is 11.6 Å². The van der Waals surface area contributed by atoms with Crippen molar-refractivity contribution in [1.82, 2.24) is 5.32 Å². The fourth-order valence-electron chi connectivity index (χ4n) is 2.73. The number of aliphatic carboxylic acids is 1. The molecule has 0 bridgehead atoms. The summed E-state index contributed by atoms with van der Waals surface area (Å²) in [6.45, 7) is 0. The van der Waals surface area contributed by atoms with E-state index in [2.05, 4.69) is 5.32 Å². The molecule has 6 heteroatoms. The lowest BCUT2D eigenvalue weighted by Crippen LogP contribution is -2.37. The maximum Gasteiger partial charge on any atom is 0.325 e. The summed E-state index contributed by atoms with van der Waals surface area (Å²) in [7, 11) is 0. The number of carbonyl (C=O) groups is 1. The second-order valence-electron chi connectivity index (χ2n) is 5.42. The summed E-state index contributed by atoms with van der Waals surface area (Å²) in [5.74, 6) is -5.57. The first kappa shape index (κ1) is 15.8. The minimum atomic E-state index is -1.59. The molecule has 1 aromatic carbocycles. The zero-order valence-electron chi connectivity index (χ0n) is 11.5. The van der Waals surface area contributed by atoms with Crippen LogP contribution in [-0.4, -0.2) is 17.1 Å². The number of hydrogen-bond acceptors (Lipinski definition) is 2. The van der Waals surface area contributed by atoms with Crippen LogP contribution >= 0.6 is 0 Å². The summed E-state index contributed by atoms with van der Waals surface area (Å²) in [5, 5.41) is 12.2. The Kier molecular flexibility index (Phi) is 5.22. The Morgan fingerprint density at radius 1 is 1.10 bits per heavy atom. The fourth-order valence-corrected chi connectivity index (χ4v) is 2.73. The van der Waals surface area contributed by atoms with Crippen molar-refractivity contribution in [1.29, 1.82) is 0 Å². The second-order valence-corrected chi connectivity index (χ2v) is 5.42. The lowest BCUT2D eigenvalue weighted by molar-refractivity contribution is -0.140. The number of nitrogens with one attached hydrogen (secondary N) is 1. The van der Waals surface area contributed by atoms with Gasteiger partial charge in [-0.3, -0.25) is 10.1 Å². The number of carboxylic acids is 1. The Hall–Kier alpha value is -1.56. The molecule has 3 nitrogen and oxygen atoms in total. The molecule has 0 aliphatic heterocycles. The maximum absolute atomic E-state index is 13.3. The van der Waals surface area contributed by atoms with Crippen LogP contribution in [0.2, 0.25) is 0 Å². The number of benzene rings is 1. The molecule has 1 atom stereocenters. The minimum Gasteiger partial charge on any atom is -0.480 e. The van der Waals surface area contributed by atoms with E-state index in [0.29, 0.717) is 0 Å². The summed E-state index contributed by atoms with van der Waals surface area (Å²) >= 11 is 0. The van der Waals surface area contributed by atoms with Gasteiger partial charge < -0.3 is 5.11 Å². The second kappa shape index (κ2) is 6.93. The van der Waals surface area contributed by atoms with Crippen molar-refractivity contribution in [3.63, 3.8) is 0 Å². The summed E-state index contributed by atoms with van der Waals surface area (Å²) in [6, 6.07) is 0.226. The van der Waals surface area contributed by atoms with Crippen LogP contribution in [-0.2, 0) is 4.79 Å². The van der Waals surface area contributed by atoms with E-state index in [1.165, 1.54) is 0 Å². The molecule has 0 spiro atoms. The van der Waals surface area contributed by atoms with Gasteiger partial charge in [-0.2, -0.15) is 0 Å². The van der Waals surface area contributed by atoms with Crippen molar-refractivity contribution in [3.05, 3.63) is 35.1 Å². The molecule has 0 heterocycles. The van der Waals surface area contributed by atoms with Gasteiger partial charge in [0.05, 0.1) is 0 Å². The zero-order valence-corrected chi connectivity index (χ0v) is 11.5. The Labute approximate surface area is 121 Å². The van der Waals surface area contributed by atoms with Gasteiger partial charge in [-0.15, -0.1) is 0 Å². The van der Waals surface area contributed by atoms with Crippen LogP contribution in [0.5, 0.6) is 0 Å². The first-order valence-corrected chi connectivity index (χ1v) is 7.12. The molecule has 0 amide bonds. The number of carboxylic acid groups (broad SMARTS) is 1. The quantitative estimate of drug-likeness (QED) is 0.660. The first-order chi connectivity index (χ1) is 9.99. The normalized spacial score (nSPS) is 18.2. The van der Waals surface area contributed by atoms with Gasteiger partial charge in [0.2, 0.25) is 0 Å². The standard InChI is InChI=1S/C15H18F3NO2/c16-11-7-9(8-12(17)13(11)18)14(15(20)21)19-10-5-3-1-2-4-6-10/h7-8,10,14,19H,1-6H2,(H,20,21). The highest BCUT2D eigenvalue weighted by molar-refractivity contribution is 5.75. The lowest BCUT2D eigenvalue weighted by atomic mass is 10.0. The molecule has 1 aromatic rings. The van der Waals surface area contributed by atoms with Gasteiger partial charge in [-0.05, 0) is 30.5 Å². The summed E-state index contributed by atoms with van der Waals surface area (Å²) < 4.78 is 39.5. The van der Waals surface area contributed by atoms with E-state index >= 15 is 0 Å². The summed E-state index contributed by atoms with van der Waals surface area (Å²) in [5.41, 5.74) is -0.108. The predicted molar refractivity (Wildman–Crippen MR) is 71.3 cm³/mol. The van der Waals surface area contributed by atoms with Crippen LogP contribution in [0.3, 0.4) is 0 Å².